The number of aromatic amines is 1. The van der Waals surface area contributed by atoms with Crippen molar-refractivity contribution in [3.8, 4) is 11.3 Å². The van der Waals surface area contributed by atoms with Gasteiger partial charge in [-0.1, -0.05) is 32.0 Å². The first-order valence-corrected chi connectivity index (χ1v) is 9.80. The first-order chi connectivity index (χ1) is 15.2. The number of aromatic nitrogens is 2. The average molecular weight is 421 g/mol. The summed E-state index contributed by atoms with van der Waals surface area (Å²) in [6.07, 6.45) is 1.80. The van der Waals surface area contributed by atoms with Crippen LogP contribution in [-0.4, -0.2) is 23.8 Å². The Balaban J connectivity index is 0.000000739. The summed E-state index contributed by atoms with van der Waals surface area (Å²) in [5.41, 5.74) is 4.61. The van der Waals surface area contributed by atoms with Crippen LogP contribution >= 0.6 is 0 Å². The van der Waals surface area contributed by atoms with Crippen molar-refractivity contribution in [3.63, 3.8) is 0 Å². The number of nitrogens with zero attached hydrogens (tertiary/aromatic N) is 1. The molecule has 162 valence electrons. The number of rotatable bonds is 4. The standard InChI is InChI=1S/C20H17FN4.C2H6.C2H4.CH2O/c1-22-16-6-3-7-17(10-16)24-20-11-19-14(12-23-20)9-18(25-19)13-4-2-5-15(21)8-13;3*1-2/h2-12,22,25H,1H3,(H,23,24);1-2H3;1-2H2;1H2. The van der Waals surface area contributed by atoms with Gasteiger partial charge in [-0.25, -0.2) is 9.37 Å². The molecule has 0 amide bonds. The van der Waals surface area contributed by atoms with E-state index in [4.69, 9.17) is 4.79 Å². The molecule has 2 aromatic carbocycles. The summed E-state index contributed by atoms with van der Waals surface area (Å²) in [4.78, 5) is 15.8. The average Bonchev–Trinajstić information content (AvgIpc) is 3.27. The monoisotopic (exact) mass is 420 g/mol. The molecule has 0 aliphatic carbocycles. The number of hydrogen-bond donors (Lipinski definition) is 3. The number of carbonyl (C=O) groups is 1. The quantitative estimate of drug-likeness (QED) is 0.318. The number of nitrogens with one attached hydrogen (secondary N) is 3. The van der Waals surface area contributed by atoms with Gasteiger partial charge in [-0.05, 0) is 36.4 Å². The molecule has 5 nitrogen and oxygen atoms in total. The van der Waals surface area contributed by atoms with Gasteiger partial charge in [0, 0.05) is 47.3 Å². The third kappa shape index (κ3) is 6.82. The number of pyridine rings is 1. The van der Waals surface area contributed by atoms with Crippen molar-refractivity contribution >= 4 is 34.9 Å². The van der Waals surface area contributed by atoms with Gasteiger partial charge < -0.3 is 20.4 Å². The Hall–Kier alpha value is -3.93. The molecule has 0 saturated carbocycles. The van der Waals surface area contributed by atoms with E-state index >= 15 is 0 Å². The highest BCUT2D eigenvalue weighted by Gasteiger charge is 2.06. The van der Waals surface area contributed by atoms with E-state index in [1.165, 1.54) is 12.1 Å². The Bertz CT molecular complexity index is 1080. The number of H-pyrrole nitrogens is 1. The second-order valence-corrected chi connectivity index (χ2v) is 5.81. The van der Waals surface area contributed by atoms with Gasteiger partial charge in [0.05, 0.1) is 5.52 Å². The van der Waals surface area contributed by atoms with Crippen LogP contribution in [0.25, 0.3) is 22.2 Å². The second-order valence-electron chi connectivity index (χ2n) is 5.81. The SMILES string of the molecule is C=C.C=O.CC.CNc1cccc(Nc2cc3[nH]c(-c4cccc(F)c4)cc3cn2)c1. The lowest BCUT2D eigenvalue weighted by molar-refractivity contribution is -0.0979. The van der Waals surface area contributed by atoms with E-state index in [2.05, 4.69) is 33.8 Å². The Morgan fingerprint density at radius 2 is 1.61 bits per heavy atom. The van der Waals surface area contributed by atoms with Crippen molar-refractivity contribution < 1.29 is 9.18 Å². The van der Waals surface area contributed by atoms with Crippen molar-refractivity contribution in [1.29, 1.82) is 0 Å². The summed E-state index contributed by atoms with van der Waals surface area (Å²) in [5, 5.41) is 7.39. The molecular weight excluding hydrogens is 391 g/mol. The van der Waals surface area contributed by atoms with E-state index in [9.17, 15) is 4.39 Å². The molecule has 0 aliphatic heterocycles. The molecule has 0 fully saturated rings. The lowest BCUT2D eigenvalue weighted by Gasteiger charge is -2.07. The zero-order valence-electron chi connectivity index (χ0n) is 18.2. The van der Waals surface area contributed by atoms with Crippen molar-refractivity contribution in [3.05, 3.63) is 85.8 Å². The molecule has 0 atom stereocenters. The predicted molar refractivity (Wildman–Crippen MR) is 130 cm³/mol. The lowest BCUT2D eigenvalue weighted by atomic mass is 10.1. The molecule has 2 heterocycles. The normalized spacial score (nSPS) is 9.16. The van der Waals surface area contributed by atoms with E-state index in [0.717, 1.165) is 39.4 Å². The van der Waals surface area contributed by atoms with Crippen LogP contribution in [0, 0.1) is 5.82 Å². The van der Waals surface area contributed by atoms with Gasteiger partial charge in [-0.15, -0.1) is 13.2 Å². The van der Waals surface area contributed by atoms with Gasteiger partial charge in [-0.3, -0.25) is 0 Å². The maximum Gasteiger partial charge on any atom is 0.132 e. The summed E-state index contributed by atoms with van der Waals surface area (Å²) in [7, 11) is 1.89. The van der Waals surface area contributed by atoms with Crippen molar-refractivity contribution in [2.24, 2.45) is 0 Å². The highest BCUT2D eigenvalue weighted by atomic mass is 19.1. The van der Waals surface area contributed by atoms with Crippen LogP contribution in [-0.2, 0) is 4.79 Å². The third-order valence-corrected chi connectivity index (χ3v) is 4.06. The van der Waals surface area contributed by atoms with Crippen LogP contribution in [0.1, 0.15) is 13.8 Å². The van der Waals surface area contributed by atoms with Gasteiger partial charge in [-0.2, -0.15) is 0 Å². The lowest BCUT2D eigenvalue weighted by Crippen LogP contribution is -1.94. The summed E-state index contributed by atoms with van der Waals surface area (Å²) in [6.45, 7) is 12.0. The fraction of sp³-hybridized carbons (Fsp3) is 0.120. The number of fused-ring (bicyclic) bond motifs is 1. The number of anilines is 3. The summed E-state index contributed by atoms with van der Waals surface area (Å²) >= 11 is 0. The fourth-order valence-electron chi connectivity index (χ4n) is 2.81. The summed E-state index contributed by atoms with van der Waals surface area (Å²) in [5.74, 6) is 0.495. The molecule has 4 aromatic rings. The number of carbonyl (C=O) groups excluding carboxylic acids is 1. The minimum absolute atomic E-state index is 0.249. The molecule has 6 heteroatoms. The Kier molecular flexibility index (Phi) is 10.8. The van der Waals surface area contributed by atoms with E-state index in [1.54, 1.807) is 12.3 Å². The Morgan fingerprint density at radius 3 is 2.29 bits per heavy atom. The zero-order chi connectivity index (χ0) is 23.2. The Labute approximate surface area is 183 Å². The second kappa shape index (κ2) is 13.3. The minimum Gasteiger partial charge on any atom is -0.388 e. The highest BCUT2D eigenvalue weighted by molar-refractivity contribution is 5.87. The molecule has 0 aliphatic rings. The van der Waals surface area contributed by atoms with Crippen LogP contribution in [0.4, 0.5) is 21.6 Å². The predicted octanol–water partition coefficient (Wildman–Crippen LogP) is 6.80. The van der Waals surface area contributed by atoms with Crippen molar-refractivity contribution in [1.82, 2.24) is 9.97 Å². The first kappa shape index (κ1) is 25.1. The maximum absolute atomic E-state index is 13.4. The number of benzene rings is 2. The summed E-state index contributed by atoms with van der Waals surface area (Å²) in [6, 6.07) is 18.4. The highest BCUT2D eigenvalue weighted by Crippen LogP contribution is 2.26. The van der Waals surface area contributed by atoms with Gasteiger partial charge in [0.2, 0.25) is 0 Å². The molecular formula is C25H29FN4O. The smallest absolute Gasteiger partial charge is 0.132 e. The van der Waals surface area contributed by atoms with Crippen LogP contribution in [0.2, 0.25) is 0 Å². The third-order valence-electron chi connectivity index (χ3n) is 4.06. The van der Waals surface area contributed by atoms with Crippen LogP contribution in [0.15, 0.2) is 80.0 Å². The molecule has 3 N–H and O–H groups in total. The molecule has 0 saturated heterocycles. The topological polar surface area (TPSA) is 69.8 Å². The van der Waals surface area contributed by atoms with Gasteiger partial charge in [0.15, 0.2) is 0 Å². The van der Waals surface area contributed by atoms with Crippen LogP contribution in [0.3, 0.4) is 0 Å². The van der Waals surface area contributed by atoms with Gasteiger partial charge in [0.1, 0.15) is 18.4 Å². The van der Waals surface area contributed by atoms with Crippen LogP contribution in [0.5, 0.6) is 0 Å². The number of halogens is 1. The molecule has 0 spiro atoms. The van der Waals surface area contributed by atoms with Crippen molar-refractivity contribution in [2.45, 2.75) is 13.8 Å². The van der Waals surface area contributed by atoms with E-state index < -0.39 is 0 Å². The van der Waals surface area contributed by atoms with Crippen molar-refractivity contribution in [2.75, 3.05) is 17.7 Å². The van der Waals surface area contributed by atoms with E-state index in [-0.39, 0.29) is 5.82 Å². The van der Waals surface area contributed by atoms with Gasteiger partial charge >= 0.3 is 0 Å². The maximum atomic E-state index is 13.4. The molecule has 0 radical (unpaired) electrons. The molecule has 2 aromatic heterocycles. The van der Waals surface area contributed by atoms with E-state index in [1.807, 2.05) is 70.1 Å². The first-order valence-electron chi connectivity index (χ1n) is 9.80. The minimum atomic E-state index is -0.249. The van der Waals surface area contributed by atoms with E-state index in [0.29, 0.717) is 0 Å². The molecule has 4 rings (SSSR count). The zero-order valence-corrected chi connectivity index (χ0v) is 18.2. The Morgan fingerprint density at radius 1 is 0.935 bits per heavy atom. The largest absolute Gasteiger partial charge is 0.388 e. The molecule has 0 bridgehead atoms. The number of hydrogen-bond acceptors (Lipinski definition) is 4. The van der Waals surface area contributed by atoms with Gasteiger partial charge in [0.25, 0.3) is 0 Å². The molecule has 31 heavy (non-hydrogen) atoms. The molecule has 0 unspecified atom stereocenters. The fourth-order valence-corrected chi connectivity index (χ4v) is 2.81. The van der Waals surface area contributed by atoms with Crippen LogP contribution < -0.4 is 10.6 Å². The summed E-state index contributed by atoms with van der Waals surface area (Å²) < 4.78 is 13.4.